The zero-order chi connectivity index (χ0) is 14.7. The highest BCUT2D eigenvalue weighted by Gasteiger charge is 2.18. The number of halogens is 1. The molecule has 110 valence electrons. The lowest BCUT2D eigenvalue weighted by Gasteiger charge is -2.25. The maximum Gasteiger partial charge on any atom is 0.130 e. The van der Waals surface area contributed by atoms with Crippen LogP contribution in [0, 0.1) is 0 Å². The van der Waals surface area contributed by atoms with Crippen LogP contribution in [0.5, 0.6) is 5.75 Å². The summed E-state index contributed by atoms with van der Waals surface area (Å²) in [5.41, 5.74) is 3.75. The van der Waals surface area contributed by atoms with Gasteiger partial charge in [-0.05, 0) is 77.6 Å². The van der Waals surface area contributed by atoms with Gasteiger partial charge in [0, 0.05) is 16.7 Å². The molecule has 0 bridgehead atoms. The first kappa shape index (κ1) is 14.5. The van der Waals surface area contributed by atoms with E-state index >= 15 is 0 Å². The Bertz CT molecular complexity index is 613. The van der Waals surface area contributed by atoms with Gasteiger partial charge in [-0.15, -0.1) is 0 Å². The standard InChI is InChI=1S/C17H19BrN2O/c1-19-17-4-2-3-12-9-15(7-8-16(12)17)21-11-14-6-5-13(18)10-20-14/h5-10,17,19H,2-4,11H2,1H3. The van der Waals surface area contributed by atoms with Crippen LogP contribution in [0.1, 0.15) is 35.7 Å². The maximum atomic E-state index is 5.87. The van der Waals surface area contributed by atoms with Crippen molar-refractivity contribution in [3.8, 4) is 5.75 Å². The smallest absolute Gasteiger partial charge is 0.130 e. The fourth-order valence-electron chi connectivity index (χ4n) is 2.83. The first-order chi connectivity index (χ1) is 10.3. The van der Waals surface area contributed by atoms with Gasteiger partial charge in [0.05, 0.1) is 5.69 Å². The molecule has 1 aliphatic rings. The number of nitrogens with zero attached hydrogens (tertiary/aromatic N) is 1. The number of fused-ring (bicyclic) bond motifs is 1. The summed E-state index contributed by atoms with van der Waals surface area (Å²) >= 11 is 3.39. The van der Waals surface area contributed by atoms with Crippen molar-refractivity contribution in [2.24, 2.45) is 0 Å². The van der Waals surface area contributed by atoms with Crippen LogP contribution in [0.4, 0.5) is 0 Å². The summed E-state index contributed by atoms with van der Waals surface area (Å²) < 4.78 is 6.85. The summed E-state index contributed by atoms with van der Waals surface area (Å²) in [6.07, 6.45) is 5.38. The molecule has 1 aromatic heterocycles. The van der Waals surface area contributed by atoms with Gasteiger partial charge in [0.25, 0.3) is 0 Å². The number of benzene rings is 1. The molecule has 3 rings (SSSR count). The van der Waals surface area contributed by atoms with Crippen LogP contribution in [0.3, 0.4) is 0 Å². The second kappa shape index (κ2) is 6.58. The summed E-state index contributed by atoms with van der Waals surface area (Å²) in [5, 5.41) is 3.39. The number of rotatable bonds is 4. The average molecular weight is 347 g/mol. The molecule has 0 spiro atoms. The molecule has 0 radical (unpaired) electrons. The SMILES string of the molecule is CNC1CCCc2cc(OCc3ccc(Br)cn3)ccc21. The molecular weight excluding hydrogens is 328 g/mol. The van der Waals surface area contributed by atoms with Crippen molar-refractivity contribution < 1.29 is 4.74 Å². The van der Waals surface area contributed by atoms with Crippen molar-refractivity contribution in [2.75, 3.05) is 7.05 Å². The number of hydrogen-bond acceptors (Lipinski definition) is 3. The minimum atomic E-state index is 0.482. The molecule has 1 aromatic carbocycles. The van der Waals surface area contributed by atoms with E-state index in [0.29, 0.717) is 12.6 Å². The Morgan fingerprint density at radius 1 is 1.33 bits per heavy atom. The van der Waals surface area contributed by atoms with Crippen molar-refractivity contribution >= 4 is 15.9 Å². The molecule has 0 amide bonds. The predicted octanol–water partition coefficient (Wildman–Crippen LogP) is 4.02. The highest BCUT2D eigenvalue weighted by molar-refractivity contribution is 9.10. The third-order valence-corrected chi connectivity index (χ3v) is 4.42. The third kappa shape index (κ3) is 3.44. The lowest BCUT2D eigenvalue weighted by atomic mass is 9.87. The Kier molecular flexibility index (Phi) is 4.56. The number of aromatic nitrogens is 1. The van der Waals surface area contributed by atoms with Crippen LogP contribution < -0.4 is 10.1 Å². The van der Waals surface area contributed by atoms with E-state index in [2.05, 4.69) is 44.4 Å². The molecule has 0 saturated carbocycles. The van der Waals surface area contributed by atoms with Gasteiger partial charge in [-0.3, -0.25) is 4.98 Å². The molecule has 1 unspecified atom stereocenters. The second-order valence-electron chi connectivity index (χ2n) is 5.35. The zero-order valence-electron chi connectivity index (χ0n) is 12.1. The summed E-state index contributed by atoms with van der Waals surface area (Å²) in [4.78, 5) is 4.32. The topological polar surface area (TPSA) is 34.1 Å². The Morgan fingerprint density at radius 3 is 3.00 bits per heavy atom. The molecule has 2 aromatic rings. The van der Waals surface area contributed by atoms with Gasteiger partial charge >= 0.3 is 0 Å². The normalized spacial score (nSPS) is 17.3. The number of hydrogen-bond donors (Lipinski definition) is 1. The van der Waals surface area contributed by atoms with Crippen LogP contribution in [0.15, 0.2) is 41.0 Å². The molecule has 3 nitrogen and oxygen atoms in total. The fraction of sp³-hybridized carbons (Fsp3) is 0.353. The van der Waals surface area contributed by atoms with Crippen LogP contribution >= 0.6 is 15.9 Å². The molecule has 4 heteroatoms. The Hall–Kier alpha value is -1.39. The molecule has 1 heterocycles. The molecule has 0 aliphatic heterocycles. The van der Waals surface area contributed by atoms with Crippen molar-refractivity contribution in [3.05, 3.63) is 57.8 Å². The molecule has 1 aliphatic carbocycles. The molecule has 1 N–H and O–H groups in total. The highest BCUT2D eigenvalue weighted by Crippen LogP contribution is 2.32. The summed E-state index contributed by atoms with van der Waals surface area (Å²) in [5.74, 6) is 0.926. The van der Waals surface area contributed by atoms with Crippen molar-refractivity contribution in [1.29, 1.82) is 0 Å². The van der Waals surface area contributed by atoms with Gasteiger partial charge in [0.15, 0.2) is 0 Å². The summed E-state index contributed by atoms with van der Waals surface area (Å²) in [6, 6.07) is 10.9. The van der Waals surface area contributed by atoms with Gasteiger partial charge in [-0.1, -0.05) is 6.07 Å². The van der Waals surface area contributed by atoms with Crippen LogP contribution in [0.2, 0.25) is 0 Å². The van der Waals surface area contributed by atoms with Gasteiger partial charge in [-0.25, -0.2) is 0 Å². The van der Waals surface area contributed by atoms with Gasteiger partial charge in [0.1, 0.15) is 12.4 Å². The average Bonchev–Trinajstić information content (AvgIpc) is 2.53. The minimum Gasteiger partial charge on any atom is -0.487 e. The third-order valence-electron chi connectivity index (χ3n) is 3.95. The van der Waals surface area contributed by atoms with Crippen molar-refractivity contribution in [2.45, 2.75) is 31.9 Å². The van der Waals surface area contributed by atoms with Gasteiger partial charge in [0.2, 0.25) is 0 Å². The van der Waals surface area contributed by atoms with Crippen LogP contribution in [-0.2, 0) is 13.0 Å². The lowest BCUT2D eigenvalue weighted by Crippen LogP contribution is -2.21. The molecule has 21 heavy (non-hydrogen) atoms. The summed E-state index contributed by atoms with van der Waals surface area (Å²) in [7, 11) is 2.03. The van der Waals surface area contributed by atoms with E-state index in [0.717, 1.165) is 22.3 Å². The predicted molar refractivity (Wildman–Crippen MR) is 87.4 cm³/mol. The largest absolute Gasteiger partial charge is 0.487 e. The Morgan fingerprint density at radius 2 is 2.24 bits per heavy atom. The molecule has 0 fully saturated rings. The Balaban J connectivity index is 1.70. The lowest BCUT2D eigenvalue weighted by molar-refractivity contribution is 0.300. The van der Waals surface area contributed by atoms with E-state index in [4.69, 9.17) is 4.74 Å². The van der Waals surface area contributed by atoms with E-state index in [1.165, 1.54) is 24.0 Å². The zero-order valence-corrected chi connectivity index (χ0v) is 13.7. The quantitative estimate of drug-likeness (QED) is 0.907. The molecule has 1 atom stereocenters. The monoisotopic (exact) mass is 346 g/mol. The highest BCUT2D eigenvalue weighted by atomic mass is 79.9. The maximum absolute atomic E-state index is 5.87. The molecular formula is C17H19BrN2O. The first-order valence-corrected chi connectivity index (χ1v) is 8.09. The second-order valence-corrected chi connectivity index (χ2v) is 6.27. The number of pyridine rings is 1. The first-order valence-electron chi connectivity index (χ1n) is 7.29. The van der Waals surface area contributed by atoms with Crippen LogP contribution in [0.25, 0.3) is 0 Å². The van der Waals surface area contributed by atoms with Crippen molar-refractivity contribution in [3.63, 3.8) is 0 Å². The number of ether oxygens (including phenoxy) is 1. The van der Waals surface area contributed by atoms with Crippen molar-refractivity contribution in [1.82, 2.24) is 10.3 Å². The van der Waals surface area contributed by atoms with E-state index in [9.17, 15) is 0 Å². The Labute approximate surface area is 133 Å². The number of aryl methyl sites for hydroxylation is 1. The van der Waals surface area contributed by atoms with E-state index in [1.54, 1.807) is 6.20 Å². The fourth-order valence-corrected chi connectivity index (χ4v) is 3.06. The van der Waals surface area contributed by atoms with E-state index in [1.807, 2.05) is 19.2 Å². The summed E-state index contributed by atoms with van der Waals surface area (Å²) in [6.45, 7) is 0.502. The number of nitrogens with one attached hydrogen (secondary N) is 1. The van der Waals surface area contributed by atoms with E-state index in [-0.39, 0.29) is 0 Å². The van der Waals surface area contributed by atoms with Crippen LogP contribution in [-0.4, -0.2) is 12.0 Å². The van der Waals surface area contributed by atoms with E-state index < -0.39 is 0 Å². The minimum absolute atomic E-state index is 0.482. The van der Waals surface area contributed by atoms with Gasteiger partial charge in [-0.2, -0.15) is 0 Å². The molecule has 0 saturated heterocycles. The van der Waals surface area contributed by atoms with Gasteiger partial charge < -0.3 is 10.1 Å².